The van der Waals surface area contributed by atoms with Crippen LogP contribution in [0.1, 0.15) is 18.5 Å². The fraction of sp³-hybridized carbons (Fsp3) is 0.167. The minimum atomic E-state index is -1.04. The van der Waals surface area contributed by atoms with Gasteiger partial charge in [-0.15, -0.1) is 0 Å². The summed E-state index contributed by atoms with van der Waals surface area (Å²) >= 11 is 17.2. The highest BCUT2D eigenvalue weighted by atomic mass is 35.5. The van der Waals surface area contributed by atoms with Gasteiger partial charge in [-0.2, -0.15) is 0 Å². The van der Waals surface area contributed by atoms with Crippen molar-refractivity contribution in [3.05, 3.63) is 45.1 Å². The van der Waals surface area contributed by atoms with E-state index in [1.54, 1.807) is 25.1 Å². The van der Waals surface area contributed by atoms with Crippen molar-refractivity contribution in [1.82, 2.24) is 10.6 Å². The predicted octanol–water partition coefficient (Wildman–Crippen LogP) is 2.87. The van der Waals surface area contributed by atoms with Crippen molar-refractivity contribution in [3.63, 3.8) is 0 Å². The van der Waals surface area contributed by atoms with E-state index in [1.165, 1.54) is 0 Å². The maximum atomic E-state index is 11.4. The first-order valence-corrected chi connectivity index (χ1v) is 6.53. The Bertz CT molecular complexity index is 601. The summed E-state index contributed by atoms with van der Waals surface area (Å²) in [4.78, 5) is 11.4. The van der Waals surface area contributed by atoms with Crippen molar-refractivity contribution in [3.8, 4) is 0 Å². The van der Waals surface area contributed by atoms with Crippen LogP contribution in [0.4, 0.5) is 0 Å². The van der Waals surface area contributed by atoms with Crippen molar-refractivity contribution in [2.75, 3.05) is 0 Å². The number of nitrogens with one attached hydrogen (secondary N) is 2. The quantitative estimate of drug-likeness (QED) is 0.732. The maximum Gasteiger partial charge on any atom is 0.335 e. The second-order valence-corrected chi connectivity index (χ2v) is 5.21. The lowest BCUT2D eigenvalue weighted by Gasteiger charge is -2.29. The molecule has 0 radical (unpaired) electrons. The molecule has 4 nitrogen and oxygen atoms in total. The molecule has 1 unspecified atom stereocenters. The summed E-state index contributed by atoms with van der Waals surface area (Å²) in [5.74, 6) is -1.04. The first kappa shape index (κ1) is 14.1. The number of aliphatic carboxylic acids is 1. The number of allylic oxidation sites excluding steroid dienone is 1. The lowest BCUT2D eigenvalue weighted by Crippen LogP contribution is -2.44. The summed E-state index contributed by atoms with van der Waals surface area (Å²) in [6.07, 6.45) is 0. The summed E-state index contributed by atoms with van der Waals surface area (Å²) in [6, 6.07) is 4.45. The Morgan fingerprint density at radius 3 is 2.74 bits per heavy atom. The van der Waals surface area contributed by atoms with E-state index < -0.39 is 12.0 Å². The van der Waals surface area contributed by atoms with Crippen LogP contribution < -0.4 is 10.6 Å². The molecule has 0 aromatic heterocycles. The van der Waals surface area contributed by atoms with Gasteiger partial charge in [-0.1, -0.05) is 35.3 Å². The number of benzene rings is 1. The number of halogens is 2. The van der Waals surface area contributed by atoms with Crippen LogP contribution in [0.15, 0.2) is 29.5 Å². The van der Waals surface area contributed by atoms with Crippen LogP contribution in [0.5, 0.6) is 0 Å². The summed E-state index contributed by atoms with van der Waals surface area (Å²) in [5, 5.41) is 16.1. The monoisotopic (exact) mass is 316 g/mol. The van der Waals surface area contributed by atoms with Gasteiger partial charge in [0.2, 0.25) is 0 Å². The van der Waals surface area contributed by atoms with Gasteiger partial charge in [0.25, 0.3) is 0 Å². The number of hydrogen-bond acceptors (Lipinski definition) is 2. The van der Waals surface area contributed by atoms with Crippen LogP contribution in [0.3, 0.4) is 0 Å². The first-order chi connectivity index (χ1) is 8.91. The Labute approximate surface area is 125 Å². The number of thiocarbonyl (C=S) groups is 1. The molecule has 1 aliphatic rings. The molecule has 0 amide bonds. The number of carboxylic acids is 1. The summed E-state index contributed by atoms with van der Waals surface area (Å²) < 4.78 is 0. The number of carbonyl (C=O) groups is 1. The molecule has 1 atom stereocenters. The molecule has 0 saturated heterocycles. The standard InChI is InChI=1S/C12H10Cl2N2O2S/c1-5-8(11(17)18)10(16-12(19)15-5)6-3-2-4-7(13)9(6)14/h2-4,10H,1H3,(H,17,18)(H2,15,16,19). The highest BCUT2D eigenvalue weighted by Gasteiger charge is 2.31. The number of hydrogen-bond donors (Lipinski definition) is 3. The van der Waals surface area contributed by atoms with Crippen LogP contribution >= 0.6 is 35.4 Å². The van der Waals surface area contributed by atoms with Crippen molar-refractivity contribution in [2.45, 2.75) is 13.0 Å². The van der Waals surface area contributed by atoms with Gasteiger partial charge in [-0.25, -0.2) is 4.79 Å². The molecule has 0 bridgehead atoms. The van der Waals surface area contributed by atoms with Crippen molar-refractivity contribution in [1.29, 1.82) is 0 Å². The number of rotatable bonds is 2. The minimum absolute atomic E-state index is 0.165. The third kappa shape index (κ3) is 2.68. The molecular formula is C12H10Cl2N2O2S. The molecule has 1 heterocycles. The molecule has 7 heteroatoms. The zero-order chi connectivity index (χ0) is 14.2. The van der Waals surface area contributed by atoms with E-state index in [4.69, 9.17) is 35.4 Å². The lowest BCUT2D eigenvalue weighted by atomic mass is 9.96. The van der Waals surface area contributed by atoms with E-state index in [0.29, 0.717) is 26.4 Å². The Hall–Kier alpha value is -1.30. The normalized spacial score (nSPS) is 18.9. The minimum Gasteiger partial charge on any atom is -0.478 e. The second kappa shape index (κ2) is 5.36. The Morgan fingerprint density at radius 1 is 1.42 bits per heavy atom. The maximum absolute atomic E-state index is 11.4. The molecular weight excluding hydrogens is 307 g/mol. The average Bonchev–Trinajstić information content (AvgIpc) is 2.31. The van der Waals surface area contributed by atoms with Gasteiger partial charge < -0.3 is 15.7 Å². The van der Waals surface area contributed by atoms with Crippen molar-refractivity contribution >= 4 is 46.5 Å². The topological polar surface area (TPSA) is 61.4 Å². The zero-order valence-electron chi connectivity index (χ0n) is 9.83. The third-order valence-electron chi connectivity index (χ3n) is 2.79. The van der Waals surface area contributed by atoms with Crippen LogP contribution in [0.25, 0.3) is 0 Å². The van der Waals surface area contributed by atoms with Gasteiger partial charge in [0.1, 0.15) is 0 Å². The molecule has 100 valence electrons. The van der Waals surface area contributed by atoms with Gasteiger partial charge in [-0.05, 0) is 30.8 Å². The molecule has 1 aliphatic heterocycles. The van der Waals surface area contributed by atoms with Crippen LogP contribution in [-0.2, 0) is 4.79 Å². The van der Waals surface area contributed by atoms with Gasteiger partial charge in [0.15, 0.2) is 5.11 Å². The van der Waals surface area contributed by atoms with E-state index in [0.717, 1.165) is 0 Å². The SMILES string of the molecule is CC1=C(C(=O)O)C(c2cccc(Cl)c2Cl)NC(=S)N1. The largest absolute Gasteiger partial charge is 0.478 e. The Balaban J connectivity index is 2.58. The fourth-order valence-corrected chi connectivity index (χ4v) is 2.64. The molecule has 1 aromatic rings. The average molecular weight is 317 g/mol. The summed E-state index contributed by atoms with van der Waals surface area (Å²) in [7, 11) is 0. The van der Waals surface area contributed by atoms with E-state index in [9.17, 15) is 9.90 Å². The third-order valence-corrected chi connectivity index (χ3v) is 3.85. The van der Waals surface area contributed by atoms with Crippen molar-refractivity contribution < 1.29 is 9.90 Å². The smallest absolute Gasteiger partial charge is 0.335 e. The zero-order valence-corrected chi connectivity index (χ0v) is 12.2. The Kier molecular flexibility index (Phi) is 3.99. The highest BCUT2D eigenvalue weighted by molar-refractivity contribution is 7.80. The first-order valence-electron chi connectivity index (χ1n) is 5.37. The second-order valence-electron chi connectivity index (χ2n) is 4.02. The van der Waals surface area contributed by atoms with E-state index in [2.05, 4.69) is 10.6 Å². The van der Waals surface area contributed by atoms with Gasteiger partial charge in [0.05, 0.1) is 21.7 Å². The highest BCUT2D eigenvalue weighted by Crippen LogP contribution is 2.35. The number of carboxylic acid groups (broad SMARTS) is 1. The molecule has 19 heavy (non-hydrogen) atoms. The molecule has 0 saturated carbocycles. The molecule has 0 aliphatic carbocycles. The lowest BCUT2D eigenvalue weighted by molar-refractivity contribution is -0.133. The molecule has 3 N–H and O–H groups in total. The predicted molar refractivity (Wildman–Crippen MR) is 78.4 cm³/mol. The molecule has 0 fully saturated rings. The summed E-state index contributed by atoms with van der Waals surface area (Å²) in [6.45, 7) is 1.65. The fourth-order valence-electron chi connectivity index (χ4n) is 1.95. The van der Waals surface area contributed by atoms with Crippen molar-refractivity contribution in [2.24, 2.45) is 0 Å². The molecule has 0 spiro atoms. The van der Waals surface area contributed by atoms with Gasteiger partial charge in [-0.3, -0.25) is 0 Å². The van der Waals surface area contributed by atoms with E-state index in [-0.39, 0.29) is 5.57 Å². The Morgan fingerprint density at radius 2 is 2.11 bits per heavy atom. The molecule has 1 aromatic carbocycles. The van der Waals surface area contributed by atoms with E-state index >= 15 is 0 Å². The van der Waals surface area contributed by atoms with E-state index in [1.807, 2.05) is 0 Å². The van der Waals surface area contributed by atoms with Crippen LogP contribution in [-0.4, -0.2) is 16.2 Å². The van der Waals surface area contributed by atoms with Gasteiger partial charge >= 0.3 is 5.97 Å². The van der Waals surface area contributed by atoms with Crippen LogP contribution in [0, 0.1) is 0 Å². The molecule has 2 rings (SSSR count). The summed E-state index contributed by atoms with van der Waals surface area (Å²) in [5.41, 5.74) is 1.23. The van der Waals surface area contributed by atoms with Gasteiger partial charge in [0, 0.05) is 5.70 Å². The van der Waals surface area contributed by atoms with Crippen LogP contribution in [0.2, 0.25) is 10.0 Å².